The molecule has 0 aliphatic heterocycles. The van der Waals surface area contributed by atoms with E-state index in [1.54, 1.807) is 0 Å². The van der Waals surface area contributed by atoms with Gasteiger partial charge in [0.05, 0.1) is 11.2 Å². The highest BCUT2D eigenvalue weighted by atomic mass is 15.4. The Morgan fingerprint density at radius 2 is 1.56 bits per heavy atom. The number of pyridine rings is 1. The SMILES string of the molecule is Cc1c(C)c(C)n2nnc(C(C)C)c2c1C. The van der Waals surface area contributed by atoms with Gasteiger partial charge in [-0.2, -0.15) is 0 Å². The predicted molar refractivity (Wildman–Crippen MR) is 66.0 cm³/mol. The van der Waals surface area contributed by atoms with Crippen LogP contribution in [0.1, 0.15) is 47.8 Å². The Bertz CT molecular complexity index is 550. The Hall–Kier alpha value is -1.38. The molecule has 0 unspecified atom stereocenters. The fraction of sp³-hybridized carbons (Fsp3) is 0.538. The van der Waals surface area contributed by atoms with Gasteiger partial charge < -0.3 is 0 Å². The molecule has 0 spiro atoms. The zero-order valence-electron chi connectivity index (χ0n) is 10.9. The summed E-state index contributed by atoms with van der Waals surface area (Å²) in [6.07, 6.45) is 0. The molecule has 0 radical (unpaired) electrons. The minimum Gasteiger partial charge on any atom is -0.217 e. The zero-order chi connectivity index (χ0) is 12.0. The standard InChI is InChI=1S/C13H19N3/c1-7(2)12-13-10(5)8(3)9(4)11(6)16(13)15-14-12/h7H,1-6H3. The van der Waals surface area contributed by atoms with E-state index in [1.807, 2.05) is 4.52 Å². The van der Waals surface area contributed by atoms with Gasteiger partial charge in [0.1, 0.15) is 0 Å². The van der Waals surface area contributed by atoms with Gasteiger partial charge in [0.2, 0.25) is 0 Å². The number of fused-ring (bicyclic) bond motifs is 1. The monoisotopic (exact) mass is 217 g/mol. The summed E-state index contributed by atoms with van der Waals surface area (Å²) in [5.74, 6) is 0.415. The molecular weight excluding hydrogens is 198 g/mol. The summed E-state index contributed by atoms with van der Waals surface area (Å²) in [4.78, 5) is 0. The third-order valence-electron chi connectivity index (χ3n) is 3.58. The lowest BCUT2D eigenvalue weighted by Crippen LogP contribution is -2.03. The highest BCUT2D eigenvalue weighted by Crippen LogP contribution is 2.26. The van der Waals surface area contributed by atoms with E-state index in [-0.39, 0.29) is 0 Å². The van der Waals surface area contributed by atoms with Crippen molar-refractivity contribution in [3.05, 3.63) is 28.1 Å². The molecule has 0 aromatic carbocycles. The van der Waals surface area contributed by atoms with Crippen LogP contribution in [0.25, 0.3) is 5.52 Å². The van der Waals surface area contributed by atoms with Gasteiger partial charge in [-0.1, -0.05) is 19.1 Å². The third-order valence-corrected chi connectivity index (χ3v) is 3.58. The maximum Gasteiger partial charge on any atom is 0.0934 e. The van der Waals surface area contributed by atoms with Crippen LogP contribution < -0.4 is 0 Å². The molecule has 2 heterocycles. The average molecular weight is 217 g/mol. The fourth-order valence-electron chi connectivity index (χ4n) is 2.16. The van der Waals surface area contributed by atoms with E-state index in [0.717, 1.165) is 5.69 Å². The first-order chi connectivity index (χ1) is 7.45. The molecule has 3 nitrogen and oxygen atoms in total. The topological polar surface area (TPSA) is 30.2 Å². The molecule has 0 saturated carbocycles. The van der Waals surface area contributed by atoms with Crippen molar-refractivity contribution in [3.63, 3.8) is 0 Å². The smallest absolute Gasteiger partial charge is 0.0934 e. The van der Waals surface area contributed by atoms with Gasteiger partial charge in [0.25, 0.3) is 0 Å². The quantitative estimate of drug-likeness (QED) is 0.734. The van der Waals surface area contributed by atoms with E-state index in [0.29, 0.717) is 5.92 Å². The molecule has 3 heteroatoms. The van der Waals surface area contributed by atoms with E-state index in [9.17, 15) is 0 Å². The van der Waals surface area contributed by atoms with Gasteiger partial charge in [-0.25, -0.2) is 4.52 Å². The zero-order valence-corrected chi connectivity index (χ0v) is 10.9. The van der Waals surface area contributed by atoms with Gasteiger partial charge >= 0.3 is 0 Å². The van der Waals surface area contributed by atoms with Crippen molar-refractivity contribution in [2.75, 3.05) is 0 Å². The second kappa shape index (κ2) is 3.58. The van der Waals surface area contributed by atoms with Crippen molar-refractivity contribution in [2.24, 2.45) is 0 Å². The fourth-order valence-corrected chi connectivity index (χ4v) is 2.16. The molecule has 0 N–H and O–H groups in total. The lowest BCUT2D eigenvalue weighted by atomic mass is 10.00. The minimum absolute atomic E-state index is 0.415. The van der Waals surface area contributed by atoms with Crippen LogP contribution in [0.2, 0.25) is 0 Å². The van der Waals surface area contributed by atoms with Crippen LogP contribution in [0.4, 0.5) is 0 Å². The average Bonchev–Trinajstić information content (AvgIpc) is 2.67. The second-order valence-corrected chi connectivity index (χ2v) is 4.85. The van der Waals surface area contributed by atoms with Crippen molar-refractivity contribution < 1.29 is 0 Å². The number of hydrogen-bond donors (Lipinski definition) is 0. The van der Waals surface area contributed by atoms with E-state index >= 15 is 0 Å². The number of aryl methyl sites for hydroxylation is 2. The summed E-state index contributed by atoms with van der Waals surface area (Å²) in [7, 11) is 0. The van der Waals surface area contributed by atoms with Gasteiger partial charge in [0, 0.05) is 5.69 Å². The third kappa shape index (κ3) is 1.34. The van der Waals surface area contributed by atoms with Gasteiger partial charge in [-0.15, -0.1) is 5.10 Å². The Morgan fingerprint density at radius 3 is 2.12 bits per heavy atom. The van der Waals surface area contributed by atoms with Crippen LogP contribution in [0.15, 0.2) is 0 Å². The Kier molecular flexibility index (Phi) is 2.49. The molecule has 0 aliphatic rings. The van der Waals surface area contributed by atoms with Gasteiger partial charge in [-0.3, -0.25) is 0 Å². The number of aromatic nitrogens is 3. The molecule has 0 aliphatic carbocycles. The van der Waals surface area contributed by atoms with Crippen LogP contribution in [-0.4, -0.2) is 14.8 Å². The number of hydrogen-bond acceptors (Lipinski definition) is 2. The molecule has 2 rings (SSSR count). The Balaban J connectivity index is 2.94. The van der Waals surface area contributed by atoms with Crippen molar-refractivity contribution in [1.82, 2.24) is 14.8 Å². The molecule has 86 valence electrons. The highest BCUT2D eigenvalue weighted by Gasteiger charge is 2.16. The van der Waals surface area contributed by atoms with Crippen molar-refractivity contribution >= 4 is 5.52 Å². The Morgan fingerprint density at radius 1 is 0.938 bits per heavy atom. The summed E-state index contributed by atoms with van der Waals surface area (Å²) in [5, 5.41) is 8.58. The van der Waals surface area contributed by atoms with Crippen LogP contribution in [0, 0.1) is 27.7 Å². The van der Waals surface area contributed by atoms with Crippen molar-refractivity contribution in [1.29, 1.82) is 0 Å². The summed E-state index contributed by atoms with van der Waals surface area (Å²) < 4.78 is 1.98. The van der Waals surface area contributed by atoms with Gasteiger partial charge in [-0.05, 0) is 50.3 Å². The van der Waals surface area contributed by atoms with Crippen LogP contribution >= 0.6 is 0 Å². The molecule has 0 saturated heterocycles. The maximum atomic E-state index is 4.31. The summed E-state index contributed by atoms with van der Waals surface area (Å²) in [5.41, 5.74) is 7.45. The largest absolute Gasteiger partial charge is 0.217 e. The molecular formula is C13H19N3. The van der Waals surface area contributed by atoms with E-state index < -0.39 is 0 Å². The normalized spacial score (nSPS) is 11.7. The lowest BCUT2D eigenvalue weighted by molar-refractivity contribution is 0.779. The molecule has 16 heavy (non-hydrogen) atoms. The first kappa shape index (κ1) is 11.1. The molecule has 0 bridgehead atoms. The van der Waals surface area contributed by atoms with E-state index in [4.69, 9.17) is 0 Å². The van der Waals surface area contributed by atoms with E-state index in [2.05, 4.69) is 51.9 Å². The molecule has 2 aromatic heterocycles. The molecule has 0 atom stereocenters. The summed E-state index contributed by atoms with van der Waals surface area (Å²) in [6, 6.07) is 0. The summed E-state index contributed by atoms with van der Waals surface area (Å²) >= 11 is 0. The second-order valence-electron chi connectivity index (χ2n) is 4.85. The van der Waals surface area contributed by atoms with Crippen molar-refractivity contribution in [2.45, 2.75) is 47.5 Å². The molecule has 2 aromatic rings. The molecule has 0 fully saturated rings. The molecule has 0 amide bonds. The van der Waals surface area contributed by atoms with Crippen LogP contribution in [0.3, 0.4) is 0 Å². The van der Waals surface area contributed by atoms with E-state index in [1.165, 1.54) is 27.9 Å². The first-order valence-electron chi connectivity index (χ1n) is 5.76. The Labute approximate surface area is 96.5 Å². The number of nitrogens with zero attached hydrogens (tertiary/aromatic N) is 3. The maximum absolute atomic E-state index is 4.31. The first-order valence-corrected chi connectivity index (χ1v) is 5.76. The van der Waals surface area contributed by atoms with Crippen LogP contribution in [0.5, 0.6) is 0 Å². The van der Waals surface area contributed by atoms with Crippen molar-refractivity contribution in [3.8, 4) is 0 Å². The van der Waals surface area contributed by atoms with Crippen LogP contribution in [-0.2, 0) is 0 Å². The minimum atomic E-state index is 0.415. The lowest BCUT2D eigenvalue weighted by Gasteiger charge is -2.12. The highest BCUT2D eigenvalue weighted by molar-refractivity contribution is 5.63. The predicted octanol–water partition coefficient (Wildman–Crippen LogP) is 3.09. The summed E-state index contributed by atoms with van der Waals surface area (Å²) in [6.45, 7) is 12.9. The van der Waals surface area contributed by atoms with Gasteiger partial charge in [0.15, 0.2) is 0 Å². The number of rotatable bonds is 1.